The van der Waals surface area contributed by atoms with Crippen molar-refractivity contribution in [3.63, 3.8) is 0 Å². The molecule has 0 radical (unpaired) electrons. The highest BCUT2D eigenvalue weighted by molar-refractivity contribution is 5.30. The summed E-state index contributed by atoms with van der Waals surface area (Å²) in [6.45, 7) is 5.60. The molecule has 0 N–H and O–H groups in total. The number of allylic oxidation sites excluding steroid dienone is 4. The molecular weight excluding hydrogens is 136 g/mol. The van der Waals surface area contributed by atoms with Crippen LogP contribution in [0.2, 0.25) is 0 Å². The first-order valence-corrected chi connectivity index (χ1v) is 3.66. The van der Waals surface area contributed by atoms with Crippen molar-refractivity contribution in [1.29, 1.82) is 0 Å². The van der Waals surface area contributed by atoms with E-state index in [1.807, 2.05) is 31.2 Å². The predicted octanol–water partition coefficient (Wildman–Crippen LogP) is 2.59. The Bertz CT molecular complexity index is 221. The minimum absolute atomic E-state index is 0.199. The van der Waals surface area contributed by atoms with Gasteiger partial charge in [-0.2, -0.15) is 0 Å². The van der Waals surface area contributed by atoms with Crippen LogP contribution in [0.5, 0.6) is 0 Å². The van der Waals surface area contributed by atoms with Gasteiger partial charge in [0.1, 0.15) is 6.10 Å². The molecule has 1 heterocycles. The highest BCUT2D eigenvalue weighted by Crippen LogP contribution is 2.15. The average molecular weight is 148 g/mol. The summed E-state index contributed by atoms with van der Waals surface area (Å²) in [4.78, 5) is 0. The van der Waals surface area contributed by atoms with Crippen LogP contribution in [0.3, 0.4) is 0 Å². The standard InChI is InChI=1S/C10H12O/c1-3-4-5-6-10-7-8-11-9(10)2/h3-9H,1H2,2H3/b5-4-,10-6-. The van der Waals surface area contributed by atoms with Crippen LogP contribution in [0.25, 0.3) is 0 Å². The summed E-state index contributed by atoms with van der Waals surface area (Å²) in [6, 6.07) is 0. The lowest BCUT2D eigenvalue weighted by Gasteiger charge is -2.02. The summed E-state index contributed by atoms with van der Waals surface area (Å²) < 4.78 is 5.19. The van der Waals surface area contributed by atoms with Crippen LogP contribution >= 0.6 is 0 Å². The molecule has 1 rings (SSSR count). The lowest BCUT2D eigenvalue weighted by Crippen LogP contribution is -1.99. The van der Waals surface area contributed by atoms with Gasteiger partial charge in [0, 0.05) is 0 Å². The highest BCUT2D eigenvalue weighted by Gasteiger charge is 2.09. The van der Waals surface area contributed by atoms with Crippen LogP contribution in [0.15, 0.2) is 48.8 Å². The molecule has 0 spiro atoms. The SMILES string of the molecule is C=C/C=C\C=C1\C=COC1C. The van der Waals surface area contributed by atoms with Crippen LogP contribution in [0.4, 0.5) is 0 Å². The maximum Gasteiger partial charge on any atom is 0.120 e. The summed E-state index contributed by atoms with van der Waals surface area (Å²) in [5, 5.41) is 0. The molecule has 1 unspecified atom stereocenters. The Kier molecular flexibility index (Phi) is 2.73. The first kappa shape index (κ1) is 7.86. The zero-order valence-corrected chi connectivity index (χ0v) is 6.66. The molecular formula is C10H12O. The third-order valence-electron chi connectivity index (χ3n) is 1.55. The van der Waals surface area contributed by atoms with E-state index in [4.69, 9.17) is 4.74 Å². The Morgan fingerprint density at radius 2 is 2.36 bits per heavy atom. The molecule has 1 aliphatic rings. The number of hydrogen-bond acceptors (Lipinski definition) is 1. The summed E-state index contributed by atoms with van der Waals surface area (Å²) in [7, 11) is 0. The van der Waals surface area contributed by atoms with Gasteiger partial charge >= 0.3 is 0 Å². The van der Waals surface area contributed by atoms with Crippen LogP contribution in [-0.4, -0.2) is 6.10 Å². The van der Waals surface area contributed by atoms with E-state index in [2.05, 4.69) is 6.58 Å². The molecule has 58 valence electrons. The third kappa shape index (κ3) is 2.11. The van der Waals surface area contributed by atoms with Crippen molar-refractivity contribution in [3.05, 3.63) is 48.8 Å². The van der Waals surface area contributed by atoms with Crippen molar-refractivity contribution in [3.8, 4) is 0 Å². The molecule has 0 saturated heterocycles. The topological polar surface area (TPSA) is 9.23 Å². The van der Waals surface area contributed by atoms with E-state index in [0.29, 0.717) is 0 Å². The van der Waals surface area contributed by atoms with E-state index in [1.54, 1.807) is 12.3 Å². The smallest absolute Gasteiger partial charge is 0.120 e. The second kappa shape index (κ2) is 3.81. The summed E-state index contributed by atoms with van der Waals surface area (Å²) in [5.74, 6) is 0. The monoisotopic (exact) mass is 148 g/mol. The number of rotatable bonds is 2. The Hall–Kier alpha value is -1.24. The maximum absolute atomic E-state index is 5.19. The fourth-order valence-corrected chi connectivity index (χ4v) is 0.886. The highest BCUT2D eigenvalue weighted by atomic mass is 16.5. The molecule has 1 aliphatic heterocycles. The third-order valence-corrected chi connectivity index (χ3v) is 1.55. The zero-order chi connectivity index (χ0) is 8.10. The van der Waals surface area contributed by atoms with Crippen LogP contribution in [-0.2, 0) is 4.74 Å². The maximum atomic E-state index is 5.19. The van der Waals surface area contributed by atoms with Crippen molar-refractivity contribution in [1.82, 2.24) is 0 Å². The van der Waals surface area contributed by atoms with Crippen molar-refractivity contribution in [2.45, 2.75) is 13.0 Å². The zero-order valence-electron chi connectivity index (χ0n) is 6.66. The van der Waals surface area contributed by atoms with Crippen molar-refractivity contribution >= 4 is 0 Å². The fraction of sp³-hybridized carbons (Fsp3) is 0.200. The molecule has 1 heteroatoms. The molecule has 0 amide bonds. The van der Waals surface area contributed by atoms with Crippen LogP contribution < -0.4 is 0 Å². The van der Waals surface area contributed by atoms with Gasteiger partial charge in [-0.3, -0.25) is 0 Å². The molecule has 0 bridgehead atoms. The molecule has 0 aromatic heterocycles. The van der Waals surface area contributed by atoms with E-state index in [1.165, 1.54) is 5.57 Å². The first-order valence-electron chi connectivity index (χ1n) is 3.66. The Balaban J connectivity index is 2.58. The molecule has 0 aliphatic carbocycles. The van der Waals surface area contributed by atoms with E-state index < -0.39 is 0 Å². The van der Waals surface area contributed by atoms with Crippen molar-refractivity contribution in [2.24, 2.45) is 0 Å². The predicted molar refractivity (Wildman–Crippen MR) is 47.1 cm³/mol. The Labute approximate surface area is 67.4 Å². The largest absolute Gasteiger partial charge is 0.494 e. The van der Waals surface area contributed by atoms with Gasteiger partial charge in [0.2, 0.25) is 0 Å². The van der Waals surface area contributed by atoms with Gasteiger partial charge in [-0.05, 0) is 18.6 Å². The van der Waals surface area contributed by atoms with Crippen LogP contribution in [0, 0.1) is 0 Å². The lowest BCUT2D eigenvalue weighted by atomic mass is 10.1. The van der Waals surface area contributed by atoms with E-state index >= 15 is 0 Å². The molecule has 0 aromatic rings. The molecule has 0 fully saturated rings. The summed E-state index contributed by atoms with van der Waals surface area (Å²) in [5.41, 5.74) is 1.20. The molecule has 0 aromatic carbocycles. The van der Waals surface area contributed by atoms with Crippen molar-refractivity contribution < 1.29 is 4.74 Å². The summed E-state index contributed by atoms with van der Waals surface area (Å²) in [6.07, 6.45) is 11.5. The van der Waals surface area contributed by atoms with Gasteiger partial charge in [0.05, 0.1) is 6.26 Å². The van der Waals surface area contributed by atoms with Gasteiger partial charge in [0.15, 0.2) is 0 Å². The van der Waals surface area contributed by atoms with Gasteiger partial charge in [0.25, 0.3) is 0 Å². The second-order valence-corrected chi connectivity index (χ2v) is 2.37. The van der Waals surface area contributed by atoms with E-state index in [9.17, 15) is 0 Å². The van der Waals surface area contributed by atoms with Crippen molar-refractivity contribution in [2.75, 3.05) is 0 Å². The normalized spacial score (nSPS) is 26.3. The average Bonchev–Trinajstić information content (AvgIpc) is 2.37. The minimum atomic E-state index is 0.199. The minimum Gasteiger partial charge on any atom is -0.494 e. The molecule has 1 nitrogen and oxygen atoms in total. The van der Waals surface area contributed by atoms with E-state index in [0.717, 1.165) is 0 Å². The Morgan fingerprint density at radius 3 is 2.91 bits per heavy atom. The second-order valence-electron chi connectivity index (χ2n) is 2.37. The number of hydrogen-bond donors (Lipinski definition) is 0. The van der Waals surface area contributed by atoms with E-state index in [-0.39, 0.29) is 6.10 Å². The van der Waals surface area contributed by atoms with Gasteiger partial charge < -0.3 is 4.74 Å². The molecule has 11 heavy (non-hydrogen) atoms. The number of ether oxygens (including phenoxy) is 1. The Morgan fingerprint density at radius 1 is 1.55 bits per heavy atom. The lowest BCUT2D eigenvalue weighted by molar-refractivity contribution is 0.214. The van der Waals surface area contributed by atoms with Gasteiger partial charge in [-0.25, -0.2) is 0 Å². The molecule has 0 saturated carbocycles. The quantitative estimate of drug-likeness (QED) is 0.547. The fourth-order valence-electron chi connectivity index (χ4n) is 0.886. The molecule has 1 atom stereocenters. The van der Waals surface area contributed by atoms with Gasteiger partial charge in [-0.1, -0.05) is 30.9 Å². The van der Waals surface area contributed by atoms with Crippen LogP contribution in [0.1, 0.15) is 6.92 Å². The van der Waals surface area contributed by atoms with Gasteiger partial charge in [-0.15, -0.1) is 0 Å². The summed E-state index contributed by atoms with van der Waals surface area (Å²) >= 11 is 0. The first-order chi connectivity index (χ1) is 5.34.